The molecule has 0 unspecified atom stereocenters. The molecule has 0 saturated carbocycles. The molecule has 2 aromatic carbocycles. The van der Waals surface area contributed by atoms with Crippen LogP contribution in [0.25, 0.3) is 6.08 Å². The summed E-state index contributed by atoms with van der Waals surface area (Å²) in [5.74, 6) is 0. The van der Waals surface area contributed by atoms with Gasteiger partial charge in [0.25, 0.3) is 0 Å². The second-order valence-corrected chi connectivity index (χ2v) is 3.73. The minimum atomic E-state index is 0. The summed E-state index contributed by atoms with van der Waals surface area (Å²) in [6, 6.07) is 18.9. The van der Waals surface area contributed by atoms with Crippen molar-refractivity contribution in [1.82, 2.24) is 0 Å². The van der Waals surface area contributed by atoms with Crippen LogP contribution in [0.15, 0.2) is 60.7 Å². The summed E-state index contributed by atoms with van der Waals surface area (Å²) >= 11 is 0. The van der Waals surface area contributed by atoms with Crippen molar-refractivity contribution in [1.29, 1.82) is 0 Å². The van der Waals surface area contributed by atoms with E-state index in [-0.39, 0.29) is 65.4 Å². The largest absolute Gasteiger partial charge is 0.126 e. The molecule has 0 amide bonds. The quantitative estimate of drug-likeness (QED) is 0.691. The van der Waals surface area contributed by atoms with Crippen LogP contribution in [-0.2, 0) is 65.4 Å². The maximum Gasteiger partial charge on any atom is 0 e. The zero-order valence-electron chi connectivity index (χ0n) is 10.6. The van der Waals surface area contributed by atoms with E-state index in [2.05, 4.69) is 67.1 Å². The molecule has 0 aromatic heterocycles. The zero-order chi connectivity index (χ0) is 11.2. The Balaban J connectivity index is 0.00000144. The topological polar surface area (TPSA) is 0 Å². The Bertz CT molecular complexity index is 475. The number of allylic oxidation sites excluding steroid dienone is 1. The van der Waals surface area contributed by atoms with Crippen molar-refractivity contribution in [2.24, 2.45) is 0 Å². The van der Waals surface area contributed by atoms with E-state index in [1.165, 1.54) is 16.7 Å². The second-order valence-electron chi connectivity index (χ2n) is 3.73. The summed E-state index contributed by atoms with van der Waals surface area (Å²) < 4.78 is 0. The molecule has 0 aliphatic carbocycles. The predicted octanol–water partition coefficient (Wildman–Crippen LogP) is 4.32. The smallest absolute Gasteiger partial charge is 0 e. The molecule has 0 heterocycles. The monoisotopic (exact) mass is 385 g/mol. The molecule has 0 atom stereocenters. The Morgan fingerprint density at radius 1 is 0.833 bits per heavy atom. The van der Waals surface area contributed by atoms with Crippen molar-refractivity contribution in [3.8, 4) is 0 Å². The van der Waals surface area contributed by atoms with E-state index in [0.717, 1.165) is 0 Å². The van der Waals surface area contributed by atoms with Gasteiger partial charge in [-0.15, -0.1) is 41.8 Å². The number of rotatable bonds is 3. The van der Waals surface area contributed by atoms with E-state index in [1.54, 1.807) is 0 Å². The van der Waals surface area contributed by atoms with Crippen LogP contribution in [0.2, 0.25) is 0 Å². The Kier molecular flexibility index (Phi) is 10.2. The van der Waals surface area contributed by atoms with E-state index in [0.29, 0.717) is 0 Å². The summed E-state index contributed by atoms with van der Waals surface area (Å²) in [4.78, 5) is 0. The van der Waals surface area contributed by atoms with Crippen molar-refractivity contribution in [2.75, 3.05) is 0 Å². The third-order valence-electron chi connectivity index (χ3n) is 2.40. The molecule has 2 rings (SSSR count). The van der Waals surface area contributed by atoms with Gasteiger partial charge in [0, 0.05) is 65.4 Å². The first kappa shape index (κ1) is 18.3. The SMILES string of the molecule is C/C=C/c1cccc([CH-]c2ccccc2)c1.[Y].[Y]. The average molecular weight is 385 g/mol. The van der Waals surface area contributed by atoms with Gasteiger partial charge in [0.1, 0.15) is 0 Å². The minimum Gasteiger partial charge on any atom is -0.126 e. The Morgan fingerprint density at radius 2 is 1.50 bits per heavy atom. The van der Waals surface area contributed by atoms with Crippen LogP contribution in [0.4, 0.5) is 0 Å². The fourth-order valence-electron chi connectivity index (χ4n) is 1.69. The van der Waals surface area contributed by atoms with Gasteiger partial charge in [-0.05, 0) is 6.92 Å². The van der Waals surface area contributed by atoms with Crippen molar-refractivity contribution >= 4 is 6.08 Å². The van der Waals surface area contributed by atoms with E-state index in [1.807, 2.05) is 13.0 Å². The third kappa shape index (κ3) is 5.93. The summed E-state index contributed by atoms with van der Waals surface area (Å²) in [6.45, 7) is 2.04. The molecular formula is C16H15Y2-. The molecule has 0 spiro atoms. The van der Waals surface area contributed by atoms with Crippen molar-refractivity contribution in [3.05, 3.63) is 83.8 Å². The minimum absolute atomic E-state index is 0. The molecule has 0 nitrogen and oxygen atoms in total. The van der Waals surface area contributed by atoms with Crippen LogP contribution in [0, 0.1) is 6.42 Å². The Labute approximate surface area is 160 Å². The van der Waals surface area contributed by atoms with Crippen LogP contribution < -0.4 is 0 Å². The summed E-state index contributed by atoms with van der Waals surface area (Å²) in [7, 11) is 0. The Morgan fingerprint density at radius 3 is 2.17 bits per heavy atom. The molecule has 18 heavy (non-hydrogen) atoms. The number of hydrogen-bond acceptors (Lipinski definition) is 0. The van der Waals surface area contributed by atoms with Crippen LogP contribution in [0.3, 0.4) is 0 Å². The van der Waals surface area contributed by atoms with Gasteiger partial charge in [-0.3, -0.25) is 0 Å². The molecule has 0 bridgehead atoms. The maximum absolute atomic E-state index is 2.19. The molecule has 0 saturated heterocycles. The number of benzene rings is 2. The first-order valence-electron chi connectivity index (χ1n) is 5.51. The zero-order valence-corrected chi connectivity index (χ0v) is 16.3. The van der Waals surface area contributed by atoms with E-state index in [9.17, 15) is 0 Å². The number of hydrogen-bond donors (Lipinski definition) is 0. The first-order valence-corrected chi connectivity index (χ1v) is 5.51. The average Bonchev–Trinajstić information content (AvgIpc) is 2.31. The fourth-order valence-corrected chi connectivity index (χ4v) is 1.69. The van der Waals surface area contributed by atoms with Crippen LogP contribution >= 0.6 is 0 Å². The molecule has 0 N–H and O–H groups in total. The Hall–Kier alpha value is 0.258. The third-order valence-corrected chi connectivity index (χ3v) is 2.40. The van der Waals surface area contributed by atoms with E-state index >= 15 is 0 Å². The molecule has 0 aliphatic heterocycles. The first-order chi connectivity index (χ1) is 7.88. The van der Waals surface area contributed by atoms with Gasteiger partial charge in [0.2, 0.25) is 0 Å². The summed E-state index contributed by atoms with van der Waals surface area (Å²) in [6.07, 6.45) is 6.36. The maximum atomic E-state index is 2.19. The van der Waals surface area contributed by atoms with Crippen molar-refractivity contribution < 1.29 is 65.4 Å². The van der Waals surface area contributed by atoms with Gasteiger partial charge >= 0.3 is 0 Å². The van der Waals surface area contributed by atoms with E-state index in [4.69, 9.17) is 0 Å². The molecule has 0 aliphatic rings. The van der Waals surface area contributed by atoms with Gasteiger partial charge in [-0.2, -0.15) is 0 Å². The molecule has 2 heteroatoms. The standard InChI is InChI=1S/C16H15.2Y/c1-2-7-14-10-6-11-16(12-14)13-15-8-4-3-5-9-15;;/h2-13H,1H3;;/q-1;;/b7-2+;;. The molecule has 2 aromatic rings. The predicted molar refractivity (Wildman–Crippen MR) is 70.1 cm³/mol. The van der Waals surface area contributed by atoms with E-state index < -0.39 is 0 Å². The molecule has 86 valence electrons. The van der Waals surface area contributed by atoms with Crippen molar-refractivity contribution in [2.45, 2.75) is 6.92 Å². The van der Waals surface area contributed by atoms with Gasteiger partial charge < -0.3 is 0 Å². The van der Waals surface area contributed by atoms with Crippen LogP contribution in [0.5, 0.6) is 0 Å². The van der Waals surface area contributed by atoms with Gasteiger partial charge in [0.05, 0.1) is 0 Å². The summed E-state index contributed by atoms with van der Waals surface area (Å²) in [5.41, 5.74) is 3.72. The fraction of sp³-hybridized carbons (Fsp3) is 0.0625. The summed E-state index contributed by atoms with van der Waals surface area (Å²) in [5, 5.41) is 0. The molecular weight excluding hydrogens is 370 g/mol. The second kappa shape index (κ2) is 10.1. The van der Waals surface area contributed by atoms with Crippen molar-refractivity contribution in [3.63, 3.8) is 0 Å². The normalized spacial score (nSPS) is 9.39. The molecule has 0 fully saturated rings. The van der Waals surface area contributed by atoms with Gasteiger partial charge in [-0.25, -0.2) is 0 Å². The van der Waals surface area contributed by atoms with Crippen LogP contribution in [-0.4, -0.2) is 0 Å². The van der Waals surface area contributed by atoms with Gasteiger partial charge in [0.15, 0.2) is 0 Å². The molecule has 2 radical (unpaired) electrons. The van der Waals surface area contributed by atoms with Crippen LogP contribution in [0.1, 0.15) is 23.6 Å². The van der Waals surface area contributed by atoms with Gasteiger partial charge in [-0.1, -0.05) is 48.0 Å².